The van der Waals surface area contributed by atoms with Gasteiger partial charge in [-0.25, -0.2) is 17.5 Å². The van der Waals surface area contributed by atoms with E-state index in [2.05, 4.69) is 0 Å². The number of nitrogens with zero attached hydrogens (tertiary/aromatic N) is 6. The Bertz CT molecular complexity index is 2130. The van der Waals surface area contributed by atoms with E-state index in [9.17, 15) is 34.3 Å². The number of anilines is 1. The number of benzene rings is 4. The predicted molar refractivity (Wildman–Crippen MR) is 172 cm³/mol. The second kappa shape index (κ2) is 11.6. The number of carbonyl (C=O) groups is 1. The molecular weight excluding hydrogens is 609 g/mol. The van der Waals surface area contributed by atoms with Crippen LogP contribution in [0.5, 0.6) is 0 Å². The van der Waals surface area contributed by atoms with Crippen molar-refractivity contribution in [1.29, 1.82) is 21.0 Å². The molecule has 0 N–H and O–H groups in total. The molecule has 1 saturated heterocycles. The quantitative estimate of drug-likeness (QED) is 0.226. The van der Waals surface area contributed by atoms with Crippen molar-refractivity contribution in [2.24, 2.45) is 10.8 Å². The highest BCUT2D eigenvalue weighted by atomic mass is 32.2. The smallest absolute Gasteiger partial charge is 0.283 e. The molecule has 9 nitrogen and oxygen atoms in total. The van der Waals surface area contributed by atoms with Gasteiger partial charge in [-0.1, -0.05) is 103 Å². The Morgan fingerprint density at radius 3 is 1.66 bits per heavy atom. The second-order valence-corrected chi connectivity index (χ2v) is 13.3. The fourth-order valence-electron chi connectivity index (χ4n) is 6.71. The predicted octanol–water partition coefficient (Wildman–Crippen LogP) is 6.53. The molecule has 1 heterocycles. The number of aryl methyl sites for hydroxylation is 1. The average Bonchev–Trinajstić information content (AvgIpc) is 3.11. The second-order valence-electron chi connectivity index (χ2n) is 11.4. The maximum atomic E-state index is 15.0. The Morgan fingerprint density at radius 2 is 1.15 bits per heavy atom. The molecule has 0 spiro atoms. The van der Waals surface area contributed by atoms with Gasteiger partial charge in [-0.3, -0.25) is 4.90 Å². The number of para-hydroxylation sites is 1. The molecule has 228 valence electrons. The first-order chi connectivity index (χ1) is 22.7. The summed E-state index contributed by atoms with van der Waals surface area (Å²) >= 11 is 0. The zero-order valence-electron chi connectivity index (χ0n) is 25.1. The van der Waals surface area contributed by atoms with E-state index in [4.69, 9.17) is 0 Å². The maximum absolute atomic E-state index is 15.0. The summed E-state index contributed by atoms with van der Waals surface area (Å²) in [6, 6.07) is 35.4. The fraction of sp³-hybridized carbons (Fsp3) is 0.162. The summed E-state index contributed by atoms with van der Waals surface area (Å²) in [5.41, 5.74) is -2.69. The SMILES string of the molecule is Cc1ccc(S(=O)(=O)N2C(=O)N(c3ccccc3)[C@@H]3C(=C[C@H](c4ccccc4)C(C#N)(C#N)C3(C#N)C#N)[C@@H]2c2ccccc2)cc1. The van der Waals surface area contributed by atoms with Gasteiger partial charge in [-0.15, -0.1) is 0 Å². The molecule has 6 rings (SSSR count). The van der Waals surface area contributed by atoms with E-state index < -0.39 is 44.9 Å². The van der Waals surface area contributed by atoms with Crippen LogP contribution in [-0.4, -0.2) is 24.8 Å². The van der Waals surface area contributed by atoms with Gasteiger partial charge in [-0.05, 0) is 47.9 Å². The van der Waals surface area contributed by atoms with Crippen LogP contribution < -0.4 is 4.90 Å². The molecule has 4 aromatic rings. The summed E-state index contributed by atoms with van der Waals surface area (Å²) in [7, 11) is -4.58. The van der Waals surface area contributed by atoms with E-state index in [0.717, 1.165) is 14.8 Å². The molecule has 1 fully saturated rings. The molecule has 1 aliphatic carbocycles. The van der Waals surface area contributed by atoms with Gasteiger partial charge in [-0.2, -0.15) is 21.0 Å². The van der Waals surface area contributed by atoms with Crippen LogP contribution in [0.15, 0.2) is 132 Å². The number of fused-ring (bicyclic) bond motifs is 1. The van der Waals surface area contributed by atoms with Crippen molar-refractivity contribution in [2.45, 2.75) is 29.8 Å². The Labute approximate surface area is 273 Å². The lowest BCUT2D eigenvalue weighted by Gasteiger charge is -2.55. The van der Waals surface area contributed by atoms with E-state index in [0.29, 0.717) is 11.1 Å². The van der Waals surface area contributed by atoms with Crippen LogP contribution in [0.1, 0.15) is 28.7 Å². The van der Waals surface area contributed by atoms with Gasteiger partial charge in [0.05, 0.1) is 41.3 Å². The van der Waals surface area contributed by atoms with E-state index in [-0.39, 0.29) is 16.2 Å². The summed E-state index contributed by atoms with van der Waals surface area (Å²) in [5, 5.41) is 43.6. The number of nitriles is 4. The molecular formula is C37H26N6O3S. The first-order valence-electron chi connectivity index (χ1n) is 14.7. The van der Waals surface area contributed by atoms with Crippen LogP contribution in [0.25, 0.3) is 0 Å². The van der Waals surface area contributed by atoms with Gasteiger partial charge in [0.25, 0.3) is 10.0 Å². The van der Waals surface area contributed by atoms with Gasteiger partial charge in [0.2, 0.25) is 5.41 Å². The van der Waals surface area contributed by atoms with E-state index >= 15 is 0 Å². The minimum absolute atomic E-state index is 0.130. The van der Waals surface area contributed by atoms with Gasteiger partial charge in [0, 0.05) is 11.6 Å². The standard InChI is InChI=1S/C37H26N6O3S/c1-26-17-19-30(20-18-26)47(45,46)43-33(28-13-7-3-8-14-28)31-21-32(27-11-5-2-6-12-27)36(22-38,23-39)37(24-40,25-41)34(31)42(35(43)44)29-15-9-4-10-16-29/h2-21,32-34H,1H3/t32-,33+,34-/m1/s1. The zero-order chi connectivity index (χ0) is 33.4. The third-order valence-electron chi connectivity index (χ3n) is 8.97. The molecule has 0 radical (unpaired) electrons. The van der Waals surface area contributed by atoms with Gasteiger partial charge >= 0.3 is 6.03 Å². The van der Waals surface area contributed by atoms with Crippen LogP contribution in [0.3, 0.4) is 0 Å². The number of hydrogen-bond donors (Lipinski definition) is 0. The van der Waals surface area contributed by atoms with Crippen molar-refractivity contribution in [3.63, 3.8) is 0 Å². The molecule has 3 atom stereocenters. The van der Waals surface area contributed by atoms with Crippen LogP contribution in [-0.2, 0) is 10.0 Å². The molecule has 0 unspecified atom stereocenters. The Balaban J connectivity index is 1.78. The molecule has 2 amide bonds. The van der Waals surface area contributed by atoms with Gasteiger partial charge in [0.1, 0.15) is 0 Å². The molecule has 47 heavy (non-hydrogen) atoms. The van der Waals surface area contributed by atoms with Crippen molar-refractivity contribution in [1.82, 2.24) is 4.31 Å². The molecule has 10 heteroatoms. The van der Waals surface area contributed by atoms with Crippen LogP contribution >= 0.6 is 0 Å². The Morgan fingerprint density at radius 1 is 0.660 bits per heavy atom. The first kappa shape index (κ1) is 30.8. The van der Waals surface area contributed by atoms with Crippen molar-refractivity contribution in [2.75, 3.05) is 4.90 Å². The molecule has 0 bridgehead atoms. The number of rotatable bonds is 5. The number of hydrogen-bond acceptors (Lipinski definition) is 7. The van der Waals surface area contributed by atoms with Crippen LogP contribution in [0.4, 0.5) is 10.5 Å². The molecule has 0 saturated carbocycles. The lowest BCUT2D eigenvalue weighted by molar-refractivity contribution is 0.167. The number of amides is 2. The first-order valence-corrected chi connectivity index (χ1v) is 16.1. The largest absolute Gasteiger partial charge is 0.339 e. The summed E-state index contributed by atoms with van der Waals surface area (Å²) in [5.74, 6) is -1.15. The number of urea groups is 1. The number of allylic oxidation sites excluding steroid dienone is 1. The van der Waals surface area contributed by atoms with Crippen molar-refractivity contribution < 1.29 is 13.2 Å². The lowest BCUT2D eigenvalue weighted by Crippen LogP contribution is -2.68. The van der Waals surface area contributed by atoms with Crippen LogP contribution in [0, 0.1) is 63.1 Å². The molecule has 2 aliphatic rings. The third-order valence-corrected chi connectivity index (χ3v) is 10.7. The molecule has 1 aliphatic heterocycles. The maximum Gasteiger partial charge on any atom is 0.339 e. The Hall–Kier alpha value is -6.20. The highest BCUT2D eigenvalue weighted by molar-refractivity contribution is 7.89. The summed E-state index contributed by atoms with van der Waals surface area (Å²) in [6.45, 7) is 1.81. The summed E-state index contributed by atoms with van der Waals surface area (Å²) in [6.07, 6.45) is 1.61. The minimum atomic E-state index is -4.58. The van der Waals surface area contributed by atoms with Crippen molar-refractivity contribution in [3.05, 3.63) is 144 Å². The van der Waals surface area contributed by atoms with Crippen molar-refractivity contribution in [3.8, 4) is 24.3 Å². The highest BCUT2D eigenvalue weighted by Gasteiger charge is 2.71. The fourth-order valence-corrected chi connectivity index (χ4v) is 8.23. The zero-order valence-corrected chi connectivity index (χ0v) is 25.9. The van der Waals surface area contributed by atoms with Gasteiger partial charge in [0.15, 0.2) is 5.41 Å². The average molecular weight is 635 g/mol. The number of carbonyl (C=O) groups excluding carboxylic acids is 1. The third kappa shape index (κ3) is 4.47. The monoisotopic (exact) mass is 634 g/mol. The topological polar surface area (TPSA) is 153 Å². The Kier molecular flexibility index (Phi) is 7.62. The molecule has 4 aromatic carbocycles. The van der Waals surface area contributed by atoms with Gasteiger partial charge < -0.3 is 0 Å². The van der Waals surface area contributed by atoms with E-state index in [1.165, 1.54) is 12.1 Å². The lowest BCUT2D eigenvalue weighted by atomic mass is 9.50. The van der Waals surface area contributed by atoms with Crippen molar-refractivity contribution >= 4 is 21.7 Å². The minimum Gasteiger partial charge on any atom is -0.283 e. The highest BCUT2D eigenvalue weighted by Crippen LogP contribution is 2.61. The normalized spacial score (nSPS) is 21.2. The summed E-state index contributed by atoms with van der Waals surface area (Å²) in [4.78, 5) is 15.9. The molecule has 0 aromatic heterocycles. The van der Waals surface area contributed by atoms with E-state index in [1.807, 2.05) is 31.2 Å². The number of sulfonamides is 1. The van der Waals surface area contributed by atoms with E-state index in [1.54, 1.807) is 109 Å². The summed E-state index contributed by atoms with van der Waals surface area (Å²) < 4.78 is 30.1. The van der Waals surface area contributed by atoms with Crippen LogP contribution in [0.2, 0.25) is 0 Å².